The Morgan fingerprint density at radius 1 is 1.13 bits per heavy atom. The summed E-state index contributed by atoms with van der Waals surface area (Å²) in [4.78, 5) is 26.0. The maximum Gasteiger partial charge on any atom is 0.343 e. The van der Waals surface area contributed by atoms with Gasteiger partial charge in [0.2, 0.25) is 11.8 Å². The number of hydrogen-bond donors (Lipinski definition) is 2. The van der Waals surface area contributed by atoms with Gasteiger partial charge < -0.3 is 24.5 Å². The zero-order valence-electron chi connectivity index (χ0n) is 25.7. The smallest absolute Gasteiger partial charge is 0.343 e. The summed E-state index contributed by atoms with van der Waals surface area (Å²) in [6.07, 6.45) is 6.40. The van der Waals surface area contributed by atoms with Crippen LogP contribution >= 0.6 is 0 Å². The van der Waals surface area contributed by atoms with Crippen LogP contribution in [0.4, 0.5) is 23.1 Å². The molecule has 13 nitrogen and oxygen atoms in total. The number of aryl methyl sites for hydroxylation is 1. The van der Waals surface area contributed by atoms with E-state index in [2.05, 4.69) is 49.1 Å². The molecule has 238 valence electrons. The second-order valence-electron chi connectivity index (χ2n) is 8.60. The maximum atomic E-state index is 12.6. The van der Waals surface area contributed by atoms with Crippen molar-refractivity contribution in [2.75, 3.05) is 31.4 Å². The predicted molar refractivity (Wildman–Crippen MR) is 179 cm³/mol. The Morgan fingerprint density at radius 3 is 2.49 bits per heavy atom. The van der Waals surface area contributed by atoms with E-state index in [-0.39, 0.29) is 31.4 Å². The number of nitrogens with one attached hydrogen (secondary N) is 2. The van der Waals surface area contributed by atoms with Gasteiger partial charge in [-0.2, -0.15) is 15.2 Å². The van der Waals surface area contributed by atoms with Crippen molar-refractivity contribution in [1.82, 2.24) is 29.7 Å². The molecule has 5 rings (SSSR count). The zero-order chi connectivity index (χ0) is 32.1. The summed E-state index contributed by atoms with van der Waals surface area (Å²) in [5.74, 6) is 0.834. The number of nitrogens with zero attached hydrogens (tertiary/aromatic N) is 7. The first kappa shape index (κ1) is 35.5. The normalized spacial score (nSPS) is 9.73. The van der Waals surface area contributed by atoms with Crippen molar-refractivity contribution in [3.63, 3.8) is 0 Å². The SMILES string of the molecule is C.C=CN(C)N=C.CC.CCOC(=O)c1cnc(Nc2cnn(C)c2)nc1Nc1cccc(-c2nc3ccccc3o2)c1OC. The number of ether oxygens (including phenoxy) is 2. The zero-order valence-corrected chi connectivity index (χ0v) is 25.7. The molecule has 5 aromatic rings. The van der Waals surface area contributed by atoms with Gasteiger partial charge in [-0.1, -0.05) is 46.1 Å². The van der Waals surface area contributed by atoms with Gasteiger partial charge in [0.25, 0.3) is 0 Å². The predicted octanol–water partition coefficient (Wildman–Crippen LogP) is 7.03. The number of anilines is 4. The Kier molecular flexibility index (Phi) is 13.7. The molecule has 0 amide bonds. The van der Waals surface area contributed by atoms with Crippen molar-refractivity contribution < 1.29 is 18.7 Å². The van der Waals surface area contributed by atoms with Crippen LogP contribution in [0.2, 0.25) is 0 Å². The van der Waals surface area contributed by atoms with Crippen molar-refractivity contribution in [2.24, 2.45) is 12.1 Å². The lowest BCUT2D eigenvalue weighted by molar-refractivity contribution is 0.0526. The number of methoxy groups -OCH3 is 1. The number of carbonyl (C=O) groups is 1. The summed E-state index contributed by atoms with van der Waals surface area (Å²) in [6.45, 7) is 12.6. The van der Waals surface area contributed by atoms with E-state index in [0.717, 1.165) is 5.52 Å². The molecule has 3 heterocycles. The fourth-order valence-corrected chi connectivity index (χ4v) is 3.71. The standard InChI is InChI=1S/C25H23N7O4.C4H8N2.C2H6.CH4/c1-4-35-24(33)17-13-26-25(28-15-12-27-32(2)14-15)31-22(17)29-19-10-7-8-16(21(19)34-3)23-30-18-9-5-6-11-20(18)36-23;1-4-6(3)5-2;1-2;/h5-14H,4H2,1-3H3,(H2,26,28,29,31);4H,1-2H2,3H3;1-2H3;1H4. The van der Waals surface area contributed by atoms with Gasteiger partial charge in [0.1, 0.15) is 11.1 Å². The largest absolute Gasteiger partial charge is 0.494 e. The molecule has 2 aromatic carbocycles. The van der Waals surface area contributed by atoms with Crippen LogP contribution in [0.1, 0.15) is 38.6 Å². The van der Waals surface area contributed by atoms with Crippen LogP contribution in [0.15, 0.2) is 83.4 Å². The minimum absolute atomic E-state index is 0. The highest BCUT2D eigenvalue weighted by Gasteiger charge is 2.21. The highest BCUT2D eigenvalue weighted by atomic mass is 16.5. The van der Waals surface area contributed by atoms with E-state index < -0.39 is 5.97 Å². The third-order valence-electron chi connectivity index (χ3n) is 5.73. The number of benzene rings is 2. The van der Waals surface area contributed by atoms with E-state index in [1.54, 1.807) is 57.5 Å². The van der Waals surface area contributed by atoms with E-state index in [1.807, 2.05) is 50.2 Å². The highest BCUT2D eigenvalue weighted by molar-refractivity contribution is 5.96. The third-order valence-corrected chi connectivity index (χ3v) is 5.73. The van der Waals surface area contributed by atoms with E-state index in [0.29, 0.717) is 34.2 Å². The molecular weight excluding hydrogens is 574 g/mol. The monoisotopic (exact) mass is 615 g/mol. The second kappa shape index (κ2) is 17.4. The molecule has 0 aliphatic rings. The first-order valence-electron chi connectivity index (χ1n) is 13.8. The van der Waals surface area contributed by atoms with Gasteiger partial charge in [-0.25, -0.2) is 14.8 Å². The van der Waals surface area contributed by atoms with E-state index in [1.165, 1.54) is 11.2 Å². The number of aromatic nitrogens is 5. The number of esters is 1. The maximum absolute atomic E-state index is 12.6. The number of fused-ring (bicyclic) bond motifs is 1. The Labute approximate surface area is 263 Å². The summed E-state index contributed by atoms with van der Waals surface area (Å²) in [6, 6.07) is 13.0. The first-order chi connectivity index (χ1) is 21.4. The lowest BCUT2D eigenvalue weighted by atomic mass is 10.1. The molecule has 0 atom stereocenters. The van der Waals surface area contributed by atoms with Crippen molar-refractivity contribution in [3.8, 4) is 17.2 Å². The van der Waals surface area contributed by atoms with E-state index in [4.69, 9.17) is 13.9 Å². The molecule has 3 aromatic heterocycles. The molecule has 0 saturated heterocycles. The highest BCUT2D eigenvalue weighted by Crippen LogP contribution is 2.38. The molecule has 0 bridgehead atoms. The molecule has 45 heavy (non-hydrogen) atoms. The van der Waals surface area contributed by atoms with Gasteiger partial charge in [-0.3, -0.25) is 9.69 Å². The van der Waals surface area contributed by atoms with Crippen LogP contribution in [0.5, 0.6) is 5.75 Å². The van der Waals surface area contributed by atoms with E-state index in [9.17, 15) is 4.79 Å². The van der Waals surface area contributed by atoms with Crippen LogP contribution in [0, 0.1) is 0 Å². The lowest BCUT2D eigenvalue weighted by Crippen LogP contribution is -2.12. The molecule has 0 aliphatic carbocycles. The van der Waals surface area contributed by atoms with Crippen molar-refractivity contribution in [2.45, 2.75) is 28.2 Å². The molecule has 0 radical (unpaired) electrons. The molecule has 2 N–H and O–H groups in total. The van der Waals surface area contributed by atoms with Crippen molar-refractivity contribution in [3.05, 3.63) is 79.4 Å². The number of hydrazone groups is 1. The van der Waals surface area contributed by atoms with Crippen LogP contribution in [-0.4, -0.2) is 63.2 Å². The number of rotatable bonds is 10. The average molecular weight is 616 g/mol. The third kappa shape index (κ3) is 9.13. The topological polar surface area (TPSA) is 145 Å². The summed E-state index contributed by atoms with van der Waals surface area (Å²) in [5, 5.41) is 15.4. The fraction of sp³-hybridized carbons (Fsp3) is 0.250. The van der Waals surface area contributed by atoms with Gasteiger partial charge in [0, 0.05) is 39.4 Å². The van der Waals surface area contributed by atoms with Gasteiger partial charge in [0.15, 0.2) is 17.2 Å². The summed E-state index contributed by atoms with van der Waals surface area (Å²) >= 11 is 0. The molecule has 0 saturated carbocycles. The van der Waals surface area contributed by atoms with Gasteiger partial charge >= 0.3 is 5.97 Å². The van der Waals surface area contributed by atoms with Gasteiger partial charge in [-0.05, 0) is 31.2 Å². The number of oxazole rings is 1. The van der Waals surface area contributed by atoms with Gasteiger partial charge in [-0.15, -0.1) is 0 Å². The molecule has 0 spiro atoms. The van der Waals surface area contributed by atoms with Crippen LogP contribution in [0.3, 0.4) is 0 Å². The molecule has 0 fully saturated rings. The minimum atomic E-state index is -0.554. The molecule has 0 aliphatic heterocycles. The number of carbonyl (C=O) groups excluding carboxylic acids is 1. The van der Waals surface area contributed by atoms with Crippen molar-refractivity contribution >= 4 is 46.9 Å². The van der Waals surface area contributed by atoms with Crippen LogP contribution in [0.25, 0.3) is 22.6 Å². The summed E-state index contributed by atoms with van der Waals surface area (Å²) in [5.41, 5.74) is 3.46. The number of para-hydroxylation sites is 3. The summed E-state index contributed by atoms with van der Waals surface area (Å²) < 4.78 is 18.5. The first-order valence-corrected chi connectivity index (χ1v) is 13.8. The van der Waals surface area contributed by atoms with E-state index >= 15 is 0 Å². The average Bonchev–Trinajstić information content (AvgIpc) is 3.67. The Hall–Kier alpha value is -5.72. The minimum Gasteiger partial charge on any atom is -0.494 e. The Balaban J connectivity index is 0.000000705. The van der Waals surface area contributed by atoms with Crippen LogP contribution in [-0.2, 0) is 11.8 Å². The van der Waals surface area contributed by atoms with Gasteiger partial charge in [0.05, 0.1) is 36.9 Å². The van der Waals surface area contributed by atoms with Crippen LogP contribution < -0.4 is 15.4 Å². The second-order valence-corrected chi connectivity index (χ2v) is 8.60. The summed E-state index contributed by atoms with van der Waals surface area (Å²) in [7, 11) is 5.12. The quantitative estimate of drug-likeness (QED) is 0.0948. The molecule has 0 unspecified atom stereocenters. The Bertz CT molecular complexity index is 1660. The lowest BCUT2D eigenvalue weighted by Gasteiger charge is -2.15. The number of hydrogen-bond acceptors (Lipinski definition) is 12. The molecule has 13 heteroatoms. The fourth-order valence-electron chi connectivity index (χ4n) is 3.71. The van der Waals surface area contributed by atoms with Crippen molar-refractivity contribution in [1.29, 1.82) is 0 Å². The Morgan fingerprint density at radius 2 is 1.89 bits per heavy atom. The molecular formula is C32H41N9O4.